The van der Waals surface area contributed by atoms with Gasteiger partial charge in [0.25, 0.3) is 5.56 Å². The lowest BCUT2D eigenvalue weighted by molar-refractivity contribution is -0.135. The fourth-order valence-corrected chi connectivity index (χ4v) is 3.36. The van der Waals surface area contributed by atoms with Crippen LogP contribution in [0.2, 0.25) is 5.02 Å². The van der Waals surface area contributed by atoms with Crippen LogP contribution in [-0.2, 0) is 22.8 Å². The number of alkyl halides is 1. The molecule has 0 bridgehead atoms. The van der Waals surface area contributed by atoms with Gasteiger partial charge in [0.15, 0.2) is 0 Å². The first kappa shape index (κ1) is 20.1. The van der Waals surface area contributed by atoms with E-state index in [0.717, 1.165) is 0 Å². The second-order valence-electron chi connectivity index (χ2n) is 6.79. The van der Waals surface area contributed by atoms with E-state index in [-0.39, 0.29) is 29.8 Å². The number of likely N-dealkylation sites (tertiary alicyclic amines) is 1. The van der Waals surface area contributed by atoms with Crippen molar-refractivity contribution < 1.29 is 14.0 Å². The van der Waals surface area contributed by atoms with E-state index in [9.17, 15) is 18.8 Å². The number of amides is 2. The van der Waals surface area contributed by atoms with Crippen molar-refractivity contribution in [2.24, 2.45) is 5.92 Å². The highest BCUT2D eigenvalue weighted by Crippen LogP contribution is 2.20. The number of carbonyl (C=O) groups is 2. The maximum Gasteiger partial charge on any atom is 0.251 e. The summed E-state index contributed by atoms with van der Waals surface area (Å²) in [6.07, 6.45) is 2.53. The van der Waals surface area contributed by atoms with E-state index in [1.807, 2.05) is 0 Å². The predicted octanol–water partition coefficient (Wildman–Crippen LogP) is 2.85. The highest BCUT2D eigenvalue weighted by Gasteiger charge is 2.27. The van der Waals surface area contributed by atoms with Crippen molar-refractivity contribution in [2.45, 2.75) is 26.1 Å². The van der Waals surface area contributed by atoms with Crippen molar-refractivity contribution in [3.8, 4) is 0 Å². The molecular formula is C20H21ClFN3O3. The summed E-state index contributed by atoms with van der Waals surface area (Å²) in [4.78, 5) is 38.3. The smallest absolute Gasteiger partial charge is 0.251 e. The SMILES string of the molecule is O=C(Nc1ccc(CF)cc1)C1CCN(C(=O)Cn2cc(Cl)ccc2=O)CC1. The molecule has 2 amide bonds. The van der Waals surface area contributed by atoms with Gasteiger partial charge < -0.3 is 14.8 Å². The zero-order valence-corrected chi connectivity index (χ0v) is 16.0. The van der Waals surface area contributed by atoms with Gasteiger partial charge in [-0.15, -0.1) is 0 Å². The van der Waals surface area contributed by atoms with E-state index in [0.29, 0.717) is 42.2 Å². The maximum atomic E-state index is 12.5. The number of benzene rings is 1. The Morgan fingerprint density at radius 1 is 1.11 bits per heavy atom. The molecular weight excluding hydrogens is 385 g/mol. The Hall–Kier alpha value is -2.67. The minimum atomic E-state index is -0.540. The van der Waals surface area contributed by atoms with Crippen LogP contribution >= 0.6 is 11.6 Å². The third kappa shape index (κ3) is 4.98. The van der Waals surface area contributed by atoms with Crippen LogP contribution in [0.5, 0.6) is 0 Å². The standard InChI is InChI=1S/C20H21ClFN3O3/c21-16-3-6-18(26)25(12-16)13-19(27)24-9-7-15(8-10-24)20(28)23-17-4-1-14(11-22)2-5-17/h1-6,12,15H,7-11,13H2,(H,23,28). The quantitative estimate of drug-likeness (QED) is 0.831. The lowest BCUT2D eigenvalue weighted by Crippen LogP contribution is -2.43. The van der Waals surface area contributed by atoms with Crippen molar-refractivity contribution in [3.05, 3.63) is 63.5 Å². The number of piperidine rings is 1. The van der Waals surface area contributed by atoms with Crippen molar-refractivity contribution in [2.75, 3.05) is 18.4 Å². The minimum absolute atomic E-state index is 0.0722. The molecule has 0 radical (unpaired) electrons. The molecule has 6 nitrogen and oxygen atoms in total. The molecule has 8 heteroatoms. The Morgan fingerprint density at radius 2 is 1.79 bits per heavy atom. The largest absolute Gasteiger partial charge is 0.341 e. The van der Waals surface area contributed by atoms with Gasteiger partial charge in [-0.2, -0.15) is 0 Å². The molecule has 1 saturated heterocycles. The molecule has 1 aromatic heterocycles. The third-order valence-electron chi connectivity index (χ3n) is 4.85. The van der Waals surface area contributed by atoms with Gasteiger partial charge >= 0.3 is 0 Å². The molecule has 1 N–H and O–H groups in total. The molecule has 148 valence electrons. The zero-order chi connectivity index (χ0) is 20.1. The number of nitrogens with one attached hydrogen (secondary N) is 1. The van der Waals surface area contributed by atoms with Gasteiger partial charge in [-0.1, -0.05) is 23.7 Å². The Bertz CT molecular complexity index is 906. The number of aromatic nitrogens is 1. The van der Waals surface area contributed by atoms with Gasteiger partial charge in [0.2, 0.25) is 11.8 Å². The van der Waals surface area contributed by atoms with E-state index >= 15 is 0 Å². The van der Waals surface area contributed by atoms with Gasteiger partial charge in [0.05, 0.1) is 5.02 Å². The van der Waals surface area contributed by atoms with E-state index in [1.165, 1.54) is 22.9 Å². The van der Waals surface area contributed by atoms with Crippen LogP contribution in [0, 0.1) is 5.92 Å². The van der Waals surface area contributed by atoms with Crippen molar-refractivity contribution in [3.63, 3.8) is 0 Å². The Morgan fingerprint density at radius 3 is 2.43 bits per heavy atom. The molecule has 1 aliphatic rings. The maximum absolute atomic E-state index is 12.5. The van der Waals surface area contributed by atoms with Gasteiger partial charge in [-0.25, -0.2) is 4.39 Å². The number of halogens is 2. The van der Waals surface area contributed by atoms with Crippen LogP contribution in [0.4, 0.5) is 10.1 Å². The van der Waals surface area contributed by atoms with Gasteiger partial charge in [0, 0.05) is 37.0 Å². The summed E-state index contributed by atoms with van der Waals surface area (Å²) in [6.45, 7) is 0.291. The summed E-state index contributed by atoms with van der Waals surface area (Å²) >= 11 is 5.88. The molecule has 0 aliphatic carbocycles. The lowest BCUT2D eigenvalue weighted by Gasteiger charge is -2.31. The summed E-state index contributed by atoms with van der Waals surface area (Å²) < 4.78 is 13.8. The minimum Gasteiger partial charge on any atom is -0.341 e. The number of hydrogen-bond donors (Lipinski definition) is 1. The summed E-state index contributed by atoms with van der Waals surface area (Å²) in [5.74, 6) is -0.477. The first-order valence-corrected chi connectivity index (χ1v) is 9.43. The lowest BCUT2D eigenvalue weighted by atomic mass is 9.95. The summed E-state index contributed by atoms with van der Waals surface area (Å²) in [7, 11) is 0. The van der Waals surface area contributed by atoms with Crippen molar-refractivity contribution >= 4 is 29.1 Å². The number of carbonyl (C=O) groups excluding carboxylic acids is 2. The van der Waals surface area contributed by atoms with Gasteiger partial charge in [-0.05, 0) is 36.6 Å². The van der Waals surface area contributed by atoms with E-state index < -0.39 is 6.67 Å². The van der Waals surface area contributed by atoms with Gasteiger partial charge in [0.1, 0.15) is 13.2 Å². The molecule has 2 aromatic rings. The number of hydrogen-bond acceptors (Lipinski definition) is 3. The fourth-order valence-electron chi connectivity index (χ4n) is 3.18. The second kappa shape index (κ2) is 9.01. The number of rotatable bonds is 5. The first-order valence-electron chi connectivity index (χ1n) is 9.06. The van der Waals surface area contributed by atoms with E-state index in [2.05, 4.69) is 5.32 Å². The highest BCUT2D eigenvalue weighted by molar-refractivity contribution is 6.30. The summed E-state index contributed by atoms with van der Waals surface area (Å²) in [5.41, 5.74) is 0.899. The second-order valence-corrected chi connectivity index (χ2v) is 7.22. The average Bonchev–Trinajstić information content (AvgIpc) is 2.71. The van der Waals surface area contributed by atoms with Crippen LogP contribution in [0.1, 0.15) is 18.4 Å². The molecule has 1 fully saturated rings. The predicted molar refractivity (Wildman–Crippen MR) is 105 cm³/mol. The molecule has 1 aromatic carbocycles. The molecule has 0 atom stereocenters. The molecule has 0 unspecified atom stereocenters. The van der Waals surface area contributed by atoms with Crippen molar-refractivity contribution in [1.29, 1.82) is 0 Å². The van der Waals surface area contributed by atoms with Crippen molar-refractivity contribution in [1.82, 2.24) is 9.47 Å². The molecule has 0 saturated carbocycles. The van der Waals surface area contributed by atoms with E-state index in [4.69, 9.17) is 11.6 Å². The topological polar surface area (TPSA) is 71.4 Å². The molecule has 3 rings (SSSR count). The van der Waals surface area contributed by atoms with Crippen LogP contribution in [0.15, 0.2) is 47.4 Å². The fraction of sp³-hybridized carbons (Fsp3) is 0.350. The van der Waals surface area contributed by atoms with Crippen LogP contribution in [0.3, 0.4) is 0 Å². The van der Waals surface area contributed by atoms with Gasteiger partial charge in [-0.3, -0.25) is 14.4 Å². The Balaban J connectivity index is 1.51. The highest BCUT2D eigenvalue weighted by atomic mass is 35.5. The van der Waals surface area contributed by atoms with E-state index in [1.54, 1.807) is 29.2 Å². The number of pyridine rings is 1. The average molecular weight is 406 g/mol. The zero-order valence-electron chi connectivity index (χ0n) is 15.2. The van der Waals surface area contributed by atoms with Crippen LogP contribution in [-0.4, -0.2) is 34.4 Å². The molecule has 28 heavy (non-hydrogen) atoms. The molecule has 1 aliphatic heterocycles. The first-order chi connectivity index (χ1) is 13.5. The number of anilines is 1. The Kier molecular flexibility index (Phi) is 6.46. The normalized spacial score (nSPS) is 14.7. The monoisotopic (exact) mass is 405 g/mol. The molecule has 2 heterocycles. The third-order valence-corrected chi connectivity index (χ3v) is 5.07. The van der Waals surface area contributed by atoms with Crippen LogP contribution in [0.25, 0.3) is 0 Å². The molecule has 0 spiro atoms. The summed E-state index contributed by atoms with van der Waals surface area (Å²) in [6, 6.07) is 9.43. The van der Waals surface area contributed by atoms with Crippen LogP contribution < -0.4 is 10.9 Å². The number of nitrogens with zero attached hydrogens (tertiary/aromatic N) is 2. The summed E-state index contributed by atoms with van der Waals surface area (Å²) in [5, 5.41) is 3.23. The Labute approximate surface area is 166 Å².